The lowest BCUT2D eigenvalue weighted by Crippen LogP contribution is -2.43. The molecule has 0 radical (unpaired) electrons. The molecule has 1 saturated heterocycles. The largest absolute Gasteiger partial charge is 0.384 e. The Labute approximate surface area is 223 Å². The molecule has 2 aromatic heterocycles. The van der Waals surface area contributed by atoms with E-state index in [1.54, 1.807) is 31.3 Å². The van der Waals surface area contributed by atoms with Crippen LogP contribution in [-0.2, 0) is 11.2 Å². The molecule has 4 N–H and O–H groups in total. The molecule has 2 amide bonds. The molecule has 3 aromatic rings. The van der Waals surface area contributed by atoms with Crippen LogP contribution in [0.2, 0.25) is 0 Å². The lowest BCUT2D eigenvalue weighted by atomic mass is 9.93. The number of carbonyl (C=O) groups excluding carboxylic acids is 2. The molecule has 0 unspecified atom stereocenters. The number of nitrogens with zero attached hydrogens (tertiary/aromatic N) is 5. The molecule has 196 valence electrons. The Kier molecular flexibility index (Phi) is 8.34. The SMILES string of the molecule is CC(=O)N1c2ccc(-c3ccc(C(=O)N4CCC(N)CC4)nc3)cc2CC[C@@H]1C.N#Cc1ccc(N)nc1. The van der Waals surface area contributed by atoms with E-state index in [1.807, 2.05) is 34.1 Å². The summed E-state index contributed by atoms with van der Waals surface area (Å²) in [5.74, 6) is 0.489. The molecule has 2 aliphatic heterocycles. The van der Waals surface area contributed by atoms with Crippen LogP contribution in [0.25, 0.3) is 11.1 Å². The second kappa shape index (κ2) is 11.8. The monoisotopic (exact) mass is 511 g/mol. The number of hydrogen-bond acceptors (Lipinski definition) is 7. The molecule has 1 atom stereocenters. The van der Waals surface area contributed by atoms with Crippen LogP contribution in [0, 0.1) is 11.3 Å². The fourth-order valence-corrected chi connectivity index (χ4v) is 4.84. The third kappa shape index (κ3) is 6.15. The first-order chi connectivity index (χ1) is 18.3. The normalized spacial score (nSPS) is 17.1. The van der Waals surface area contributed by atoms with Crippen LogP contribution in [0.5, 0.6) is 0 Å². The molecule has 9 nitrogen and oxygen atoms in total. The number of hydrogen-bond donors (Lipinski definition) is 2. The first-order valence-corrected chi connectivity index (χ1v) is 12.8. The Morgan fingerprint density at radius 2 is 1.74 bits per heavy atom. The van der Waals surface area contributed by atoms with E-state index in [1.165, 1.54) is 11.8 Å². The maximum atomic E-state index is 12.7. The number of rotatable bonds is 2. The lowest BCUT2D eigenvalue weighted by Gasteiger charge is -2.34. The van der Waals surface area contributed by atoms with E-state index in [0.717, 1.165) is 42.5 Å². The minimum atomic E-state index is -0.0278. The smallest absolute Gasteiger partial charge is 0.272 e. The summed E-state index contributed by atoms with van der Waals surface area (Å²) in [4.78, 5) is 36.6. The molecular weight excluding hydrogens is 478 g/mol. The van der Waals surface area contributed by atoms with Crippen molar-refractivity contribution in [1.82, 2.24) is 14.9 Å². The van der Waals surface area contributed by atoms with Crippen LogP contribution in [-0.4, -0.2) is 51.9 Å². The fraction of sp³-hybridized carbons (Fsp3) is 0.345. The Morgan fingerprint density at radius 3 is 2.34 bits per heavy atom. The van der Waals surface area contributed by atoms with Crippen molar-refractivity contribution in [2.45, 2.75) is 51.6 Å². The second-order valence-corrected chi connectivity index (χ2v) is 9.77. The van der Waals surface area contributed by atoms with Crippen LogP contribution in [0.1, 0.15) is 54.7 Å². The van der Waals surface area contributed by atoms with Crippen LogP contribution in [0.15, 0.2) is 54.9 Å². The van der Waals surface area contributed by atoms with Gasteiger partial charge in [0.2, 0.25) is 5.91 Å². The summed E-state index contributed by atoms with van der Waals surface area (Å²) in [6.45, 7) is 5.10. The summed E-state index contributed by atoms with van der Waals surface area (Å²) in [6, 6.07) is 15.5. The summed E-state index contributed by atoms with van der Waals surface area (Å²) in [6.07, 6.45) is 6.80. The van der Waals surface area contributed by atoms with Crippen molar-refractivity contribution in [2.24, 2.45) is 5.73 Å². The molecule has 2 aliphatic rings. The van der Waals surface area contributed by atoms with E-state index in [2.05, 4.69) is 23.0 Å². The van der Waals surface area contributed by atoms with Crippen molar-refractivity contribution in [1.29, 1.82) is 5.26 Å². The number of pyridine rings is 2. The predicted octanol–water partition coefficient (Wildman–Crippen LogP) is 3.53. The van der Waals surface area contributed by atoms with Crippen LogP contribution < -0.4 is 16.4 Å². The molecule has 0 spiro atoms. The molecule has 5 rings (SSSR count). The topological polar surface area (TPSA) is 142 Å². The van der Waals surface area contributed by atoms with Gasteiger partial charge in [-0.3, -0.25) is 14.6 Å². The summed E-state index contributed by atoms with van der Waals surface area (Å²) in [7, 11) is 0. The van der Waals surface area contributed by atoms with Crippen molar-refractivity contribution in [2.75, 3.05) is 23.7 Å². The zero-order valence-corrected chi connectivity index (χ0v) is 21.8. The summed E-state index contributed by atoms with van der Waals surface area (Å²) < 4.78 is 0. The Morgan fingerprint density at radius 1 is 1.00 bits per heavy atom. The van der Waals surface area contributed by atoms with Crippen molar-refractivity contribution in [3.8, 4) is 17.2 Å². The molecule has 38 heavy (non-hydrogen) atoms. The zero-order chi connectivity index (χ0) is 27.2. The summed E-state index contributed by atoms with van der Waals surface area (Å²) >= 11 is 0. The van der Waals surface area contributed by atoms with Gasteiger partial charge < -0.3 is 21.3 Å². The lowest BCUT2D eigenvalue weighted by molar-refractivity contribution is -0.117. The third-order valence-electron chi connectivity index (χ3n) is 7.01. The maximum absolute atomic E-state index is 12.7. The number of amides is 2. The Hall–Kier alpha value is -4.29. The number of aromatic nitrogens is 2. The predicted molar refractivity (Wildman–Crippen MR) is 147 cm³/mol. The Balaban J connectivity index is 0.000000317. The van der Waals surface area contributed by atoms with E-state index in [9.17, 15) is 9.59 Å². The van der Waals surface area contributed by atoms with Gasteiger partial charge in [-0.05, 0) is 74.1 Å². The van der Waals surface area contributed by atoms with Crippen molar-refractivity contribution in [3.05, 3.63) is 71.7 Å². The van der Waals surface area contributed by atoms with Gasteiger partial charge in [0.15, 0.2) is 0 Å². The maximum Gasteiger partial charge on any atom is 0.272 e. The molecule has 9 heteroatoms. The molecule has 0 bridgehead atoms. The van der Waals surface area contributed by atoms with Crippen molar-refractivity contribution < 1.29 is 9.59 Å². The van der Waals surface area contributed by atoms with E-state index in [0.29, 0.717) is 30.2 Å². The highest BCUT2D eigenvalue weighted by atomic mass is 16.2. The van der Waals surface area contributed by atoms with Gasteiger partial charge in [-0.1, -0.05) is 12.1 Å². The highest BCUT2D eigenvalue weighted by molar-refractivity contribution is 5.94. The number of nitriles is 1. The number of likely N-dealkylation sites (tertiary alicyclic amines) is 1. The molecular formula is C29H33N7O2. The van der Waals surface area contributed by atoms with Gasteiger partial charge in [0.1, 0.15) is 17.6 Å². The number of nitrogen functional groups attached to an aromatic ring is 1. The van der Waals surface area contributed by atoms with Crippen molar-refractivity contribution in [3.63, 3.8) is 0 Å². The fourth-order valence-electron chi connectivity index (χ4n) is 4.84. The van der Waals surface area contributed by atoms with Gasteiger partial charge in [-0.2, -0.15) is 5.26 Å². The number of carbonyl (C=O) groups is 2. The number of piperidine rings is 1. The molecule has 4 heterocycles. The molecule has 0 saturated carbocycles. The highest BCUT2D eigenvalue weighted by Crippen LogP contribution is 2.34. The standard InChI is InChI=1S/C23H28N4O2.C6H5N3/c1-15-3-4-18-13-17(6-8-22(18)27(15)16(2)28)19-5-7-21(25-14-19)23(29)26-11-9-20(24)10-12-26;7-3-5-1-2-6(8)9-4-5/h5-8,13-15,20H,3-4,9-12,24H2,1-2H3;1-2,4H,(H2,8,9)/t15-;/m0./s1. The number of fused-ring (bicyclic) bond motifs is 1. The van der Waals surface area contributed by atoms with E-state index in [-0.39, 0.29) is 23.9 Å². The third-order valence-corrected chi connectivity index (χ3v) is 7.01. The first kappa shape index (κ1) is 26.8. The Bertz CT molecular complexity index is 1320. The summed E-state index contributed by atoms with van der Waals surface area (Å²) in [5, 5.41) is 8.30. The van der Waals surface area contributed by atoms with E-state index >= 15 is 0 Å². The molecule has 0 aliphatic carbocycles. The van der Waals surface area contributed by atoms with Gasteiger partial charge in [-0.15, -0.1) is 0 Å². The van der Waals surface area contributed by atoms with Gasteiger partial charge in [0.05, 0.1) is 5.56 Å². The number of benzene rings is 1. The van der Waals surface area contributed by atoms with E-state index < -0.39 is 0 Å². The van der Waals surface area contributed by atoms with E-state index in [4.69, 9.17) is 16.7 Å². The van der Waals surface area contributed by atoms with Gasteiger partial charge >= 0.3 is 0 Å². The molecule has 1 aromatic carbocycles. The van der Waals surface area contributed by atoms with Crippen LogP contribution in [0.4, 0.5) is 11.5 Å². The minimum Gasteiger partial charge on any atom is -0.384 e. The van der Waals surface area contributed by atoms with Crippen molar-refractivity contribution >= 4 is 23.3 Å². The molecule has 1 fully saturated rings. The quantitative estimate of drug-likeness (QED) is 0.536. The number of nitrogens with two attached hydrogens (primary N) is 2. The van der Waals surface area contributed by atoms with Gasteiger partial charge in [-0.25, -0.2) is 4.98 Å². The average molecular weight is 512 g/mol. The number of anilines is 2. The van der Waals surface area contributed by atoms with Crippen LogP contribution >= 0.6 is 0 Å². The second-order valence-electron chi connectivity index (χ2n) is 9.77. The highest BCUT2D eigenvalue weighted by Gasteiger charge is 2.26. The zero-order valence-electron chi connectivity index (χ0n) is 21.8. The van der Waals surface area contributed by atoms with Gasteiger partial charge in [0, 0.05) is 55.7 Å². The average Bonchev–Trinajstić information content (AvgIpc) is 2.93. The minimum absolute atomic E-state index is 0.0278. The van der Waals surface area contributed by atoms with Crippen LogP contribution in [0.3, 0.4) is 0 Å². The van der Waals surface area contributed by atoms with Gasteiger partial charge in [0.25, 0.3) is 5.91 Å². The number of aryl methyl sites for hydroxylation is 1. The summed E-state index contributed by atoms with van der Waals surface area (Å²) in [5.41, 5.74) is 16.4. The first-order valence-electron chi connectivity index (χ1n) is 12.8.